The van der Waals surface area contributed by atoms with Crippen LogP contribution >= 0.6 is 0 Å². The van der Waals surface area contributed by atoms with Gasteiger partial charge in [-0.3, -0.25) is 9.98 Å². The van der Waals surface area contributed by atoms with Gasteiger partial charge in [0, 0.05) is 12.4 Å². The maximum Gasteiger partial charge on any atom is 0.0808 e. The van der Waals surface area contributed by atoms with E-state index in [2.05, 4.69) is 29.0 Å². The van der Waals surface area contributed by atoms with E-state index >= 15 is 0 Å². The highest BCUT2D eigenvalue weighted by Gasteiger charge is 2.00. The summed E-state index contributed by atoms with van der Waals surface area (Å²) in [6.45, 7) is 2.08. The molecule has 0 radical (unpaired) electrons. The smallest absolute Gasteiger partial charge is 0.0808 e. The Morgan fingerprint density at radius 3 is 2.50 bits per heavy atom. The summed E-state index contributed by atoms with van der Waals surface area (Å²) >= 11 is 0. The van der Waals surface area contributed by atoms with Crippen molar-refractivity contribution in [3.63, 3.8) is 0 Å². The molecule has 0 aliphatic rings. The van der Waals surface area contributed by atoms with Crippen LogP contribution in [0.3, 0.4) is 0 Å². The van der Waals surface area contributed by atoms with Crippen molar-refractivity contribution >= 4 is 6.21 Å². The average molecular weight is 210 g/mol. The molecule has 2 aromatic rings. The van der Waals surface area contributed by atoms with Gasteiger partial charge in [-0.1, -0.05) is 36.4 Å². The van der Waals surface area contributed by atoms with Crippen LogP contribution in [0.1, 0.15) is 24.2 Å². The Kier molecular flexibility index (Phi) is 3.44. The Morgan fingerprint density at radius 1 is 1.06 bits per heavy atom. The molecule has 0 amide bonds. The van der Waals surface area contributed by atoms with Crippen molar-refractivity contribution in [2.45, 2.75) is 13.0 Å². The van der Waals surface area contributed by atoms with E-state index in [1.54, 1.807) is 6.20 Å². The van der Waals surface area contributed by atoms with Gasteiger partial charge in [0.1, 0.15) is 0 Å². The van der Waals surface area contributed by atoms with Gasteiger partial charge in [-0.25, -0.2) is 0 Å². The molecule has 0 saturated carbocycles. The highest BCUT2D eigenvalue weighted by molar-refractivity contribution is 5.76. The van der Waals surface area contributed by atoms with E-state index in [9.17, 15) is 0 Å². The number of rotatable bonds is 3. The van der Waals surface area contributed by atoms with E-state index in [1.807, 2.05) is 42.6 Å². The van der Waals surface area contributed by atoms with E-state index in [1.165, 1.54) is 5.56 Å². The molecule has 0 fully saturated rings. The summed E-state index contributed by atoms with van der Waals surface area (Å²) in [6.07, 6.45) is 3.59. The number of benzene rings is 1. The van der Waals surface area contributed by atoms with Crippen LogP contribution < -0.4 is 0 Å². The summed E-state index contributed by atoms with van der Waals surface area (Å²) in [6, 6.07) is 16.2. The van der Waals surface area contributed by atoms with Crippen LogP contribution in [0.15, 0.2) is 59.7 Å². The molecule has 1 atom stereocenters. The lowest BCUT2D eigenvalue weighted by Gasteiger charge is -2.05. The van der Waals surface area contributed by atoms with E-state index < -0.39 is 0 Å². The topological polar surface area (TPSA) is 25.2 Å². The van der Waals surface area contributed by atoms with Crippen molar-refractivity contribution in [1.82, 2.24) is 4.98 Å². The fraction of sp³-hybridized carbons (Fsp3) is 0.143. The van der Waals surface area contributed by atoms with Crippen molar-refractivity contribution in [3.05, 3.63) is 66.0 Å². The Morgan fingerprint density at radius 2 is 1.81 bits per heavy atom. The second kappa shape index (κ2) is 5.21. The lowest BCUT2D eigenvalue weighted by molar-refractivity contribution is 0.824. The molecule has 0 N–H and O–H groups in total. The third-order valence-corrected chi connectivity index (χ3v) is 2.40. The number of pyridine rings is 1. The number of aromatic nitrogens is 1. The SMILES string of the molecule is CC(N=Cc1ccccn1)c1ccccc1. The van der Waals surface area contributed by atoms with Gasteiger partial charge in [0.15, 0.2) is 0 Å². The van der Waals surface area contributed by atoms with Crippen molar-refractivity contribution in [2.24, 2.45) is 4.99 Å². The molecule has 0 aliphatic heterocycles. The molecule has 16 heavy (non-hydrogen) atoms. The molecule has 0 aliphatic carbocycles. The first-order chi connectivity index (χ1) is 7.86. The van der Waals surface area contributed by atoms with E-state index in [0.717, 1.165) is 5.69 Å². The van der Waals surface area contributed by atoms with E-state index in [0.29, 0.717) is 0 Å². The van der Waals surface area contributed by atoms with Crippen LogP contribution in [0.25, 0.3) is 0 Å². The predicted octanol–water partition coefficient (Wildman–Crippen LogP) is 3.26. The zero-order chi connectivity index (χ0) is 11.2. The van der Waals surface area contributed by atoms with E-state index in [-0.39, 0.29) is 6.04 Å². The molecular weight excluding hydrogens is 196 g/mol. The number of aliphatic imine (C=N–C) groups is 1. The lowest BCUT2D eigenvalue weighted by Crippen LogP contribution is -1.91. The van der Waals surface area contributed by atoms with Crippen molar-refractivity contribution in [1.29, 1.82) is 0 Å². The van der Waals surface area contributed by atoms with Crippen LogP contribution in [0.2, 0.25) is 0 Å². The Bertz CT molecular complexity index is 449. The fourth-order valence-electron chi connectivity index (χ4n) is 1.46. The van der Waals surface area contributed by atoms with E-state index in [4.69, 9.17) is 0 Å². The molecule has 2 heteroatoms. The fourth-order valence-corrected chi connectivity index (χ4v) is 1.46. The standard InChI is InChI=1S/C14H14N2/c1-12(13-7-3-2-4-8-13)16-11-14-9-5-6-10-15-14/h2-12H,1H3. The second-order valence-corrected chi connectivity index (χ2v) is 3.62. The maximum absolute atomic E-state index is 4.48. The highest BCUT2D eigenvalue weighted by Crippen LogP contribution is 2.15. The third kappa shape index (κ3) is 2.76. The minimum absolute atomic E-state index is 0.170. The quantitative estimate of drug-likeness (QED) is 0.714. The predicted molar refractivity (Wildman–Crippen MR) is 66.7 cm³/mol. The summed E-state index contributed by atoms with van der Waals surface area (Å²) in [7, 11) is 0. The molecule has 0 saturated heterocycles. The monoisotopic (exact) mass is 210 g/mol. The largest absolute Gasteiger partial charge is 0.283 e. The molecule has 0 bridgehead atoms. The van der Waals surface area contributed by atoms with Gasteiger partial charge in [0.05, 0.1) is 11.7 Å². The average Bonchev–Trinajstić information content (AvgIpc) is 2.38. The van der Waals surface area contributed by atoms with Gasteiger partial charge in [0.2, 0.25) is 0 Å². The molecule has 1 unspecified atom stereocenters. The maximum atomic E-state index is 4.48. The van der Waals surface area contributed by atoms with Crippen molar-refractivity contribution < 1.29 is 0 Å². The van der Waals surface area contributed by atoms with Crippen LogP contribution in [0.5, 0.6) is 0 Å². The first-order valence-corrected chi connectivity index (χ1v) is 5.35. The molecular formula is C14H14N2. The third-order valence-electron chi connectivity index (χ3n) is 2.40. The number of nitrogens with zero attached hydrogens (tertiary/aromatic N) is 2. The Balaban J connectivity index is 2.08. The van der Waals surface area contributed by atoms with Gasteiger partial charge in [-0.15, -0.1) is 0 Å². The van der Waals surface area contributed by atoms with Crippen molar-refractivity contribution in [2.75, 3.05) is 0 Å². The minimum atomic E-state index is 0.170. The summed E-state index contributed by atoms with van der Waals surface area (Å²) in [5.41, 5.74) is 2.11. The summed E-state index contributed by atoms with van der Waals surface area (Å²) < 4.78 is 0. The number of hydrogen-bond acceptors (Lipinski definition) is 2. The van der Waals surface area contributed by atoms with Gasteiger partial charge in [-0.2, -0.15) is 0 Å². The Labute approximate surface area is 95.7 Å². The summed E-state index contributed by atoms with van der Waals surface area (Å²) in [5.74, 6) is 0. The normalized spacial score (nSPS) is 12.8. The molecule has 80 valence electrons. The molecule has 1 aromatic carbocycles. The zero-order valence-corrected chi connectivity index (χ0v) is 9.25. The number of hydrogen-bond donors (Lipinski definition) is 0. The van der Waals surface area contributed by atoms with Crippen LogP contribution in [-0.2, 0) is 0 Å². The van der Waals surface area contributed by atoms with Crippen LogP contribution in [0.4, 0.5) is 0 Å². The minimum Gasteiger partial charge on any atom is -0.283 e. The molecule has 2 rings (SSSR count). The zero-order valence-electron chi connectivity index (χ0n) is 9.25. The highest BCUT2D eigenvalue weighted by atomic mass is 14.8. The lowest BCUT2D eigenvalue weighted by atomic mass is 10.1. The Hall–Kier alpha value is -1.96. The first-order valence-electron chi connectivity index (χ1n) is 5.35. The summed E-state index contributed by atoms with van der Waals surface area (Å²) in [5, 5.41) is 0. The molecule has 1 aromatic heterocycles. The summed E-state index contributed by atoms with van der Waals surface area (Å²) in [4.78, 5) is 8.67. The van der Waals surface area contributed by atoms with Gasteiger partial charge >= 0.3 is 0 Å². The van der Waals surface area contributed by atoms with Crippen molar-refractivity contribution in [3.8, 4) is 0 Å². The van der Waals surface area contributed by atoms with Gasteiger partial charge in [0.25, 0.3) is 0 Å². The van der Waals surface area contributed by atoms with Crippen LogP contribution in [-0.4, -0.2) is 11.2 Å². The molecule has 1 heterocycles. The molecule has 0 spiro atoms. The van der Waals surface area contributed by atoms with Crippen LogP contribution in [0, 0.1) is 0 Å². The second-order valence-electron chi connectivity index (χ2n) is 3.62. The van der Waals surface area contributed by atoms with Gasteiger partial charge in [-0.05, 0) is 24.6 Å². The first kappa shape index (κ1) is 10.6. The van der Waals surface area contributed by atoms with Gasteiger partial charge < -0.3 is 0 Å². The molecule has 2 nitrogen and oxygen atoms in total.